The van der Waals surface area contributed by atoms with Crippen molar-refractivity contribution < 1.29 is 27.9 Å². The van der Waals surface area contributed by atoms with Crippen LogP contribution in [0.4, 0.5) is 0 Å². The van der Waals surface area contributed by atoms with Gasteiger partial charge in [-0.2, -0.15) is 5.26 Å². The van der Waals surface area contributed by atoms with Gasteiger partial charge in [0.2, 0.25) is 15.9 Å². The van der Waals surface area contributed by atoms with E-state index < -0.39 is 54.6 Å². The third-order valence-corrected chi connectivity index (χ3v) is 13.9. The third kappa shape index (κ3) is 4.28. The molecule has 5 rings (SSSR count). The number of fused-ring (bicyclic) bond motifs is 7. The number of carbonyl (C=O) groups excluding carboxylic acids is 3. The molecule has 0 aliphatic heterocycles. The first-order valence-electron chi connectivity index (χ1n) is 15.5. The van der Waals surface area contributed by atoms with Gasteiger partial charge in [0, 0.05) is 27.7 Å². The summed E-state index contributed by atoms with van der Waals surface area (Å²) in [6.07, 6.45) is 9.06. The number of hydrogen-bond donors (Lipinski definition) is 3. The summed E-state index contributed by atoms with van der Waals surface area (Å²) < 4.78 is 25.3. The van der Waals surface area contributed by atoms with Gasteiger partial charge in [0.05, 0.1) is 18.4 Å². The molecule has 0 aromatic carbocycles. The number of Topliss-reactive ketones (excluding diaryl/α,β-unsaturated/α-hetero) is 1. The van der Waals surface area contributed by atoms with Crippen molar-refractivity contribution in [2.24, 2.45) is 38.9 Å². The van der Waals surface area contributed by atoms with Gasteiger partial charge in [0.25, 0.3) is 0 Å². The number of aliphatic hydroxyl groups is 1. The van der Waals surface area contributed by atoms with Crippen molar-refractivity contribution in [3.8, 4) is 6.07 Å². The van der Waals surface area contributed by atoms with E-state index in [9.17, 15) is 33.2 Å². The van der Waals surface area contributed by atoms with E-state index in [1.54, 1.807) is 12.2 Å². The smallest absolute Gasteiger partial charge is 0.235 e. The van der Waals surface area contributed by atoms with Gasteiger partial charge in [-0.05, 0) is 80.3 Å². The van der Waals surface area contributed by atoms with E-state index in [0.717, 1.165) is 24.7 Å². The lowest BCUT2D eigenvalue weighted by molar-refractivity contribution is -0.240. The first-order valence-corrected chi connectivity index (χ1v) is 17.4. The van der Waals surface area contributed by atoms with Gasteiger partial charge in [-0.15, -0.1) is 0 Å². The fraction of sp³-hybridized carbons (Fsp3) is 0.758. The number of ketones is 2. The predicted molar refractivity (Wildman–Crippen MR) is 162 cm³/mol. The fourth-order valence-electron chi connectivity index (χ4n) is 10.4. The Bertz CT molecular complexity index is 1520. The molecular weight excluding hydrogens is 566 g/mol. The Morgan fingerprint density at radius 3 is 2.26 bits per heavy atom. The van der Waals surface area contributed by atoms with Crippen LogP contribution in [0.25, 0.3) is 0 Å². The van der Waals surface area contributed by atoms with Crippen LogP contribution < -0.4 is 10.0 Å². The summed E-state index contributed by atoms with van der Waals surface area (Å²) in [5.41, 5.74) is -4.58. The zero-order valence-electron chi connectivity index (χ0n) is 26.8. The number of nitrogens with zero attached hydrogens (tertiary/aromatic N) is 1. The summed E-state index contributed by atoms with van der Waals surface area (Å²) in [4.78, 5) is 40.6. The van der Waals surface area contributed by atoms with Crippen LogP contribution in [-0.2, 0) is 24.4 Å². The molecule has 3 saturated carbocycles. The minimum absolute atomic E-state index is 0.0888. The number of hydrogen-bond acceptors (Lipinski definition) is 7. The van der Waals surface area contributed by atoms with Crippen LogP contribution in [0, 0.1) is 50.2 Å². The molecule has 0 bridgehead atoms. The fourth-order valence-corrected chi connectivity index (χ4v) is 10.8. The van der Waals surface area contributed by atoms with Crippen molar-refractivity contribution in [2.75, 3.05) is 12.8 Å². The van der Waals surface area contributed by atoms with E-state index in [-0.39, 0.29) is 35.0 Å². The summed E-state index contributed by atoms with van der Waals surface area (Å²) in [6, 6.07) is 2.12. The second-order valence-corrected chi connectivity index (χ2v) is 17.9. The molecule has 0 aromatic heterocycles. The average Bonchev–Trinajstić information content (AvgIpc) is 2.90. The van der Waals surface area contributed by atoms with Crippen LogP contribution in [-0.4, -0.2) is 54.9 Å². The quantitative estimate of drug-likeness (QED) is 0.437. The van der Waals surface area contributed by atoms with E-state index in [1.165, 1.54) is 0 Å². The molecule has 0 unspecified atom stereocenters. The maximum absolute atomic E-state index is 14.5. The monoisotopic (exact) mass is 613 g/mol. The zero-order chi connectivity index (χ0) is 32.2. The molecular formula is C33H47N3O6S. The molecule has 0 radical (unpaired) electrons. The Morgan fingerprint density at radius 2 is 1.65 bits per heavy atom. The van der Waals surface area contributed by atoms with Gasteiger partial charge in [-0.25, -0.2) is 13.1 Å². The number of allylic oxidation sites excluding steroid dienone is 3. The molecule has 43 heavy (non-hydrogen) atoms. The average molecular weight is 614 g/mol. The highest BCUT2D eigenvalue weighted by atomic mass is 32.2. The lowest BCUT2D eigenvalue weighted by Crippen LogP contribution is -2.74. The second kappa shape index (κ2) is 9.34. The number of carbonyl (C=O) groups is 3. The number of nitrogens with one attached hydrogen (secondary N) is 2. The maximum atomic E-state index is 14.5. The summed E-state index contributed by atoms with van der Waals surface area (Å²) in [6.45, 7) is 13.8. The van der Waals surface area contributed by atoms with Gasteiger partial charge in [-0.1, -0.05) is 47.6 Å². The Kier molecular flexibility index (Phi) is 6.96. The Balaban J connectivity index is 1.59. The van der Waals surface area contributed by atoms with Crippen LogP contribution in [0.15, 0.2) is 23.3 Å². The van der Waals surface area contributed by atoms with Crippen molar-refractivity contribution in [3.05, 3.63) is 23.3 Å². The van der Waals surface area contributed by atoms with Gasteiger partial charge in [0.15, 0.2) is 11.6 Å². The minimum Gasteiger partial charge on any atom is -0.381 e. The summed E-state index contributed by atoms with van der Waals surface area (Å²) in [5, 5.41) is 25.9. The third-order valence-electron chi connectivity index (χ3n) is 13.2. The molecule has 0 heterocycles. The molecule has 5 aliphatic carbocycles. The standard InChI is InChI=1S/C33H47N3O6S/c1-27(2)21-9-10-31(6)22(30(21,5)16-20(18-34)26(27)39)15-24(37)33(40)23-17-29(4,36-25(38)19-35-43(8,41)42)13-11-28(23,3)12-14-32(31,33)7/h15-16,21,23,35,40H,9-14,17,19H2,1-8H3,(H,36,38)/t21-,23+,28-,29-,30-,31+,32-,33+/m0/s1. The van der Waals surface area contributed by atoms with Crippen LogP contribution in [0.5, 0.6) is 0 Å². The number of rotatable bonds is 4. The van der Waals surface area contributed by atoms with Gasteiger partial charge < -0.3 is 10.4 Å². The number of amides is 1. The number of sulfonamides is 1. The van der Waals surface area contributed by atoms with Crippen molar-refractivity contribution in [1.29, 1.82) is 5.26 Å². The Labute approximate surface area is 256 Å². The molecule has 0 spiro atoms. The number of nitriles is 1. The van der Waals surface area contributed by atoms with Crippen molar-refractivity contribution in [1.82, 2.24) is 10.0 Å². The molecule has 1 amide bonds. The molecule has 236 valence electrons. The van der Waals surface area contributed by atoms with Crippen LogP contribution in [0.2, 0.25) is 0 Å². The minimum atomic E-state index is -3.54. The van der Waals surface area contributed by atoms with Gasteiger partial charge >= 0.3 is 0 Å². The highest BCUT2D eigenvalue weighted by molar-refractivity contribution is 7.88. The van der Waals surface area contributed by atoms with Crippen LogP contribution in [0.3, 0.4) is 0 Å². The van der Waals surface area contributed by atoms with E-state index in [1.807, 2.05) is 20.8 Å². The van der Waals surface area contributed by atoms with Gasteiger partial charge in [0.1, 0.15) is 11.7 Å². The normalized spacial score (nSPS) is 45.3. The maximum Gasteiger partial charge on any atom is 0.235 e. The zero-order valence-corrected chi connectivity index (χ0v) is 27.6. The largest absolute Gasteiger partial charge is 0.381 e. The van der Waals surface area contributed by atoms with E-state index in [0.29, 0.717) is 32.1 Å². The molecule has 10 heteroatoms. The molecule has 3 fully saturated rings. The Morgan fingerprint density at radius 1 is 1.02 bits per heavy atom. The van der Waals surface area contributed by atoms with Crippen LogP contribution >= 0.6 is 0 Å². The van der Waals surface area contributed by atoms with Crippen LogP contribution in [0.1, 0.15) is 93.4 Å². The molecule has 8 atom stereocenters. The van der Waals surface area contributed by atoms with Crippen molar-refractivity contribution in [3.63, 3.8) is 0 Å². The predicted octanol–water partition coefficient (Wildman–Crippen LogP) is 3.74. The first-order chi connectivity index (χ1) is 19.5. The van der Waals surface area contributed by atoms with E-state index >= 15 is 0 Å². The topological polar surface area (TPSA) is 153 Å². The van der Waals surface area contributed by atoms with E-state index in [2.05, 4.69) is 43.8 Å². The van der Waals surface area contributed by atoms with Gasteiger partial charge in [-0.3, -0.25) is 14.4 Å². The van der Waals surface area contributed by atoms with Crippen molar-refractivity contribution in [2.45, 2.75) is 105 Å². The molecule has 0 saturated heterocycles. The van der Waals surface area contributed by atoms with Crippen molar-refractivity contribution >= 4 is 27.5 Å². The molecule has 5 aliphatic rings. The Hall–Kier alpha value is -2.35. The van der Waals surface area contributed by atoms with E-state index in [4.69, 9.17) is 0 Å². The molecule has 3 N–H and O–H groups in total. The lowest BCUT2D eigenvalue weighted by atomic mass is 9.33. The molecule has 0 aromatic rings. The highest BCUT2D eigenvalue weighted by Gasteiger charge is 2.75. The summed E-state index contributed by atoms with van der Waals surface area (Å²) in [5.74, 6) is -1.48. The molecule has 9 nitrogen and oxygen atoms in total. The lowest BCUT2D eigenvalue weighted by Gasteiger charge is -2.71. The SMILES string of the molecule is CC1(C)C(=O)C(C#N)=C[C@]2(C)C3=CC(=O)[C@]4(O)[C@@H]5C[C@@](C)(NC(=O)CNS(C)(=O)=O)CC[C@@]5(C)CC[C@@]4(C)[C@]3(C)CC[C@@H]12. The summed E-state index contributed by atoms with van der Waals surface area (Å²) >= 11 is 0. The second-order valence-electron chi connectivity index (χ2n) is 16.1. The highest BCUT2D eigenvalue weighted by Crippen LogP contribution is 2.75. The summed E-state index contributed by atoms with van der Waals surface area (Å²) in [7, 11) is -3.54. The first kappa shape index (κ1) is 32.1.